The summed E-state index contributed by atoms with van der Waals surface area (Å²) in [6.07, 6.45) is 2.64. The maximum Gasteiger partial charge on any atom is 0.184 e. The van der Waals surface area contributed by atoms with Gasteiger partial charge in [0, 0.05) is 25.6 Å². The standard InChI is InChI=1S/C14H15N5O2S/c1-19-9(8-16-18-19)7-15-14-17-10-5-11-12(6-13(10)22-14)21-4-2-3-20-11/h5-6,8H,2-4,7H2,1H3,(H,15,17). The largest absolute Gasteiger partial charge is 0.490 e. The predicted molar refractivity (Wildman–Crippen MR) is 83.6 cm³/mol. The molecule has 0 fully saturated rings. The maximum absolute atomic E-state index is 5.71. The molecule has 1 aromatic carbocycles. The highest BCUT2D eigenvalue weighted by atomic mass is 32.1. The zero-order chi connectivity index (χ0) is 14.9. The van der Waals surface area contributed by atoms with Gasteiger partial charge < -0.3 is 14.8 Å². The molecule has 0 spiro atoms. The second-order valence-corrected chi connectivity index (χ2v) is 6.07. The van der Waals surface area contributed by atoms with Crippen LogP contribution in [-0.2, 0) is 13.6 Å². The number of thiazole rings is 1. The first kappa shape index (κ1) is 13.3. The fraction of sp³-hybridized carbons (Fsp3) is 0.357. The second kappa shape index (κ2) is 5.45. The third-order valence-corrected chi connectivity index (χ3v) is 4.46. The van der Waals surface area contributed by atoms with Gasteiger partial charge in [0.1, 0.15) is 0 Å². The summed E-state index contributed by atoms with van der Waals surface area (Å²) in [5.41, 5.74) is 1.92. The molecule has 8 heteroatoms. The first-order valence-corrected chi connectivity index (χ1v) is 7.89. The number of nitrogens with one attached hydrogen (secondary N) is 1. The van der Waals surface area contributed by atoms with Crippen LogP contribution in [0, 0.1) is 0 Å². The summed E-state index contributed by atoms with van der Waals surface area (Å²) < 4.78 is 14.2. The molecule has 1 aliphatic rings. The number of anilines is 1. The summed E-state index contributed by atoms with van der Waals surface area (Å²) in [6, 6.07) is 3.95. The van der Waals surface area contributed by atoms with E-state index in [9.17, 15) is 0 Å². The molecule has 1 aliphatic heterocycles. The average molecular weight is 317 g/mol. The third-order valence-electron chi connectivity index (χ3n) is 3.49. The van der Waals surface area contributed by atoms with Crippen molar-refractivity contribution in [3.05, 3.63) is 24.0 Å². The quantitative estimate of drug-likeness (QED) is 0.798. The monoisotopic (exact) mass is 317 g/mol. The van der Waals surface area contributed by atoms with Crippen LogP contribution in [0.1, 0.15) is 12.1 Å². The van der Waals surface area contributed by atoms with Crippen LogP contribution in [0.25, 0.3) is 10.2 Å². The summed E-state index contributed by atoms with van der Waals surface area (Å²) in [5.74, 6) is 1.58. The molecule has 114 valence electrons. The van der Waals surface area contributed by atoms with Crippen molar-refractivity contribution in [1.29, 1.82) is 0 Å². The van der Waals surface area contributed by atoms with Crippen molar-refractivity contribution < 1.29 is 9.47 Å². The van der Waals surface area contributed by atoms with E-state index >= 15 is 0 Å². The smallest absolute Gasteiger partial charge is 0.184 e. The summed E-state index contributed by atoms with van der Waals surface area (Å²) in [6.45, 7) is 2.01. The number of nitrogens with zero attached hydrogens (tertiary/aromatic N) is 4. The van der Waals surface area contributed by atoms with Gasteiger partial charge in [-0.25, -0.2) is 4.98 Å². The lowest BCUT2D eigenvalue weighted by Gasteiger charge is -2.05. The van der Waals surface area contributed by atoms with Crippen LogP contribution >= 0.6 is 11.3 Å². The van der Waals surface area contributed by atoms with Crippen molar-refractivity contribution >= 4 is 26.7 Å². The first-order valence-electron chi connectivity index (χ1n) is 7.07. The maximum atomic E-state index is 5.71. The topological polar surface area (TPSA) is 74.1 Å². The van der Waals surface area contributed by atoms with E-state index in [1.807, 2.05) is 19.2 Å². The third kappa shape index (κ3) is 2.45. The van der Waals surface area contributed by atoms with Crippen LogP contribution in [0.3, 0.4) is 0 Å². The summed E-state index contributed by atoms with van der Waals surface area (Å²) >= 11 is 1.60. The molecule has 0 bridgehead atoms. The number of benzene rings is 1. The Bertz CT molecular complexity index is 770. The molecule has 4 rings (SSSR count). The summed E-state index contributed by atoms with van der Waals surface area (Å²) in [7, 11) is 1.87. The van der Waals surface area contributed by atoms with E-state index in [4.69, 9.17) is 9.47 Å². The van der Waals surface area contributed by atoms with Crippen molar-refractivity contribution in [1.82, 2.24) is 20.0 Å². The predicted octanol–water partition coefficient (Wildman–Crippen LogP) is 2.20. The molecular formula is C14H15N5O2S. The van der Waals surface area contributed by atoms with Gasteiger partial charge in [-0.1, -0.05) is 16.6 Å². The fourth-order valence-electron chi connectivity index (χ4n) is 2.30. The molecule has 7 nitrogen and oxygen atoms in total. The Hall–Kier alpha value is -2.35. The highest BCUT2D eigenvalue weighted by molar-refractivity contribution is 7.22. The Balaban J connectivity index is 1.59. The minimum atomic E-state index is 0.635. The Labute approximate surface area is 130 Å². The number of ether oxygens (including phenoxy) is 2. The van der Waals surface area contributed by atoms with Gasteiger partial charge >= 0.3 is 0 Å². The van der Waals surface area contributed by atoms with Crippen molar-refractivity contribution in [2.75, 3.05) is 18.5 Å². The zero-order valence-electron chi connectivity index (χ0n) is 12.1. The molecule has 0 atom stereocenters. The molecule has 3 heterocycles. The lowest BCUT2D eigenvalue weighted by molar-refractivity contribution is 0.297. The van der Waals surface area contributed by atoms with Crippen LogP contribution in [0.15, 0.2) is 18.3 Å². The molecule has 0 aliphatic carbocycles. The van der Waals surface area contributed by atoms with Crippen LogP contribution in [0.5, 0.6) is 11.5 Å². The SMILES string of the molecule is Cn1nncc1CNc1nc2cc3c(cc2s1)OCCCO3. The highest BCUT2D eigenvalue weighted by Gasteiger charge is 2.14. The Kier molecular flexibility index (Phi) is 3.30. The molecule has 1 N–H and O–H groups in total. The number of aromatic nitrogens is 4. The minimum Gasteiger partial charge on any atom is -0.490 e. The first-order chi connectivity index (χ1) is 10.8. The number of aryl methyl sites for hydroxylation is 1. The van der Waals surface area contributed by atoms with Gasteiger partial charge in [0.05, 0.1) is 41.9 Å². The summed E-state index contributed by atoms with van der Waals surface area (Å²) in [4.78, 5) is 4.60. The van der Waals surface area contributed by atoms with Crippen molar-refractivity contribution in [2.45, 2.75) is 13.0 Å². The van der Waals surface area contributed by atoms with E-state index in [0.717, 1.165) is 39.0 Å². The van der Waals surface area contributed by atoms with Gasteiger partial charge in [0.15, 0.2) is 16.6 Å². The van der Waals surface area contributed by atoms with E-state index in [0.29, 0.717) is 19.8 Å². The number of hydrogen-bond acceptors (Lipinski definition) is 7. The van der Waals surface area contributed by atoms with E-state index < -0.39 is 0 Å². The van der Waals surface area contributed by atoms with Crippen LogP contribution in [0.4, 0.5) is 5.13 Å². The molecule has 3 aromatic rings. The Morgan fingerprint density at radius 2 is 2.09 bits per heavy atom. The van der Waals surface area contributed by atoms with Crippen molar-refractivity contribution in [3.8, 4) is 11.5 Å². The van der Waals surface area contributed by atoms with E-state index in [2.05, 4.69) is 20.6 Å². The van der Waals surface area contributed by atoms with Crippen LogP contribution in [0.2, 0.25) is 0 Å². The number of fused-ring (bicyclic) bond motifs is 2. The average Bonchev–Trinajstić information content (AvgIpc) is 3.02. The molecule has 0 radical (unpaired) electrons. The van der Waals surface area contributed by atoms with E-state index in [-0.39, 0.29) is 0 Å². The molecule has 0 saturated heterocycles. The Morgan fingerprint density at radius 1 is 1.27 bits per heavy atom. The number of hydrogen-bond donors (Lipinski definition) is 1. The van der Waals surface area contributed by atoms with Gasteiger partial charge in [-0.2, -0.15) is 0 Å². The van der Waals surface area contributed by atoms with E-state index in [1.165, 1.54) is 0 Å². The molecule has 2 aromatic heterocycles. The zero-order valence-corrected chi connectivity index (χ0v) is 12.9. The van der Waals surface area contributed by atoms with Gasteiger partial charge in [0.25, 0.3) is 0 Å². The minimum absolute atomic E-state index is 0.635. The molecule has 22 heavy (non-hydrogen) atoms. The van der Waals surface area contributed by atoms with Gasteiger partial charge in [-0.3, -0.25) is 4.68 Å². The number of rotatable bonds is 3. The second-order valence-electron chi connectivity index (χ2n) is 5.04. The normalized spacial score (nSPS) is 14.0. The lowest BCUT2D eigenvalue weighted by atomic mass is 10.3. The lowest BCUT2D eigenvalue weighted by Crippen LogP contribution is -2.04. The van der Waals surface area contributed by atoms with Crippen LogP contribution < -0.4 is 14.8 Å². The Morgan fingerprint density at radius 3 is 2.86 bits per heavy atom. The molecule has 0 unspecified atom stereocenters. The van der Waals surface area contributed by atoms with Crippen LogP contribution in [-0.4, -0.2) is 33.2 Å². The molecular weight excluding hydrogens is 302 g/mol. The molecule has 0 saturated carbocycles. The van der Waals surface area contributed by atoms with Gasteiger partial charge in [-0.05, 0) is 0 Å². The fourth-order valence-corrected chi connectivity index (χ4v) is 3.17. The van der Waals surface area contributed by atoms with Crippen molar-refractivity contribution in [3.63, 3.8) is 0 Å². The summed E-state index contributed by atoms with van der Waals surface area (Å²) in [5, 5.41) is 11.9. The highest BCUT2D eigenvalue weighted by Crippen LogP contribution is 2.37. The van der Waals surface area contributed by atoms with E-state index in [1.54, 1.807) is 22.2 Å². The van der Waals surface area contributed by atoms with Gasteiger partial charge in [-0.15, -0.1) is 5.10 Å². The molecule has 0 amide bonds. The van der Waals surface area contributed by atoms with Crippen molar-refractivity contribution in [2.24, 2.45) is 7.05 Å². The van der Waals surface area contributed by atoms with Gasteiger partial charge in [0.2, 0.25) is 0 Å².